The number of carbonyl (C=O) groups excluding carboxylic acids is 1. The van der Waals surface area contributed by atoms with Crippen LogP contribution in [0.5, 0.6) is 0 Å². The second-order valence-electron chi connectivity index (χ2n) is 4.98. The summed E-state index contributed by atoms with van der Waals surface area (Å²) in [6.07, 6.45) is -3.82. The predicted molar refractivity (Wildman–Crippen MR) is 63.1 cm³/mol. The van der Waals surface area contributed by atoms with E-state index < -0.39 is 18.1 Å². The smallest absolute Gasteiger partial charge is 0.339 e. The van der Waals surface area contributed by atoms with Gasteiger partial charge in [-0.05, 0) is 13.3 Å². The fourth-order valence-electron chi connectivity index (χ4n) is 1.99. The summed E-state index contributed by atoms with van der Waals surface area (Å²) < 4.78 is 36.7. The van der Waals surface area contributed by atoms with E-state index >= 15 is 0 Å². The highest BCUT2D eigenvalue weighted by atomic mass is 19.4. The van der Waals surface area contributed by atoms with Gasteiger partial charge in [-0.1, -0.05) is 6.92 Å². The molecular weight excluding hydrogens is 259 g/mol. The first-order valence-corrected chi connectivity index (χ1v) is 6.21. The minimum Gasteiger partial charge on any atom is -0.339 e. The van der Waals surface area contributed by atoms with E-state index in [0.717, 1.165) is 0 Å². The van der Waals surface area contributed by atoms with Gasteiger partial charge in [0.05, 0.1) is 12.6 Å². The van der Waals surface area contributed by atoms with Crippen molar-refractivity contribution < 1.29 is 18.0 Å². The highest BCUT2D eigenvalue weighted by molar-refractivity contribution is 5.85. The molecule has 0 bridgehead atoms. The Balaban J connectivity index is 2.55. The number of hydrogen-bond donors (Lipinski definition) is 0. The maximum Gasteiger partial charge on any atom is 0.401 e. The summed E-state index contributed by atoms with van der Waals surface area (Å²) in [4.78, 5) is 14.9. The van der Waals surface area contributed by atoms with Crippen molar-refractivity contribution in [3.8, 4) is 6.07 Å². The third-order valence-corrected chi connectivity index (χ3v) is 3.49. The Morgan fingerprint density at radius 2 is 1.79 bits per heavy atom. The van der Waals surface area contributed by atoms with E-state index in [-0.39, 0.29) is 32.1 Å². The molecule has 19 heavy (non-hydrogen) atoms. The van der Waals surface area contributed by atoms with Crippen molar-refractivity contribution in [3.63, 3.8) is 0 Å². The number of halogens is 3. The largest absolute Gasteiger partial charge is 0.401 e. The zero-order valence-electron chi connectivity index (χ0n) is 11.1. The first-order valence-electron chi connectivity index (χ1n) is 6.21. The third kappa shape index (κ3) is 4.10. The monoisotopic (exact) mass is 277 g/mol. The van der Waals surface area contributed by atoms with Crippen LogP contribution in [0.3, 0.4) is 0 Å². The zero-order valence-corrected chi connectivity index (χ0v) is 11.1. The minimum absolute atomic E-state index is 0.191. The first-order chi connectivity index (χ1) is 8.72. The highest BCUT2D eigenvalue weighted by Crippen LogP contribution is 2.24. The third-order valence-electron chi connectivity index (χ3n) is 3.49. The number of carbonyl (C=O) groups is 1. The fraction of sp³-hybridized carbons (Fsp3) is 0.833. The summed E-state index contributed by atoms with van der Waals surface area (Å²) in [5, 5.41) is 9.03. The van der Waals surface area contributed by atoms with Crippen molar-refractivity contribution in [2.45, 2.75) is 26.4 Å². The van der Waals surface area contributed by atoms with E-state index in [2.05, 4.69) is 0 Å². The standard InChI is InChI=1S/C12H18F3N3O/c1-3-11(2,8-16)10(19)18-6-4-17(5-7-18)9-12(13,14)15/h3-7,9H2,1-2H3. The van der Waals surface area contributed by atoms with Crippen LogP contribution >= 0.6 is 0 Å². The van der Waals surface area contributed by atoms with E-state index in [4.69, 9.17) is 5.26 Å². The Labute approximate surface area is 110 Å². The van der Waals surface area contributed by atoms with Gasteiger partial charge in [0.15, 0.2) is 0 Å². The first kappa shape index (κ1) is 15.8. The Bertz CT molecular complexity index is 369. The number of alkyl halides is 3. The van der Waals surface area contributed by atoms with Crippen LogP contribution in [0.25, 0.3) is 0 Å². The highest BCUT2D eigenvalue weighted by Gasteiger charge is 2.38. The topological polar surface area (TPSA) is 47.3 Å². The molecule has 1 aliphatic rings. The van der Waals surface area contributed by atoms with Crippen molar-refractivity contribution in [1.82, 2.24) is 9.80 Å². The summed E-state index contributed by atoms with van der Waals surface area (Å²) in [6, 6.07) is 1.99. The molecule has 108 valence electrons. The molecule has 4 nitrogen and oxygen atoms in total. The molecule has 1 rings (SSSR count). The number of hydrogen-bond acceptors (Lipinski definition) is 3. The molecule has 0 aromatic carbocycles. The van der Waals surface area contributed by atoms with Crippen LogP contribution < -0.4 is 0 Å². The van der Waals surface area contributed by atoms with E-state index in [1.807, 2.05) is 6.07 Å². The van der Waals surface area contributed by atoms with Gasteiger partial charge in [0.2, 0.25) is 5.91 Å². The molecule has 0 spiro atoms. The molecule has 1 fully saturated rings. The molecule has 0 radical (unpaired) electrons. The molecule has 0 aromatic rings. The molecule has 0 saturated carbocycles. The molecule has 1 unspecified atom stereocenters. The average Bonchev–Trinajstić information content (AvgIpc) is 2.36. The number of amides is 1. The second kappa shape index (κ2) is 5.78. The van der Waals surface area contributed by atoms with Gasteiger partial charge in [0, 0.05) is 26.2 Å². The summed E-state index contributed by atoms with van der Waals surface area (Å²) in [7, 11) is 0. The van der Waals surface area contributed by atoms with E-state index in [9.17, 15) is 18.0 Å². The van der Waals surface area contributed by atoms with Gasteiger partial charge in [-0.2, -0.15) is 18.4 Å². The van der Waals surface area contributed by atoms with Crippen LogP contribution in [0, 0.1) is 16.7 Å². The van der Waals surface area contributed by atoms with Gasteiger partial charge >= 0.3 is 6.18 Å². The zero-order chi connectivity index (χ0) is 14.7. The van der Waals surface area contributed by atoms with Crippen molar-refractivity contribution in [2.75, 3.05) is 32.7 Å². The second-order valence-corrected chi connectivity index (χ2v) is 4.98. The summed E-state index contributed by atoms with van der Waals surface area (Å²) in [6.45, 7) is 3.24. The molecule has 0 aliphatic carbocycles. The Kier molecular flexibility index (Phi) is 4.80. The maximum atomic E-state index is 12.2. The molecule has 1 saturated heterocycles. The molecule has 1 amide bonds. The normalized spacial score (nSPS) is 20.7. The van der Waals surface area contributed by atoms with E-state index in [1.165, 1.54) is 9.80 Å². The number of piperazine rings is 1. The average molecular weight is 277 g/mol. The Morgan fingerprint density at radius 3 is 2.16 bits per heavy atom. The lowest BCUT2D eigenvalue weighted by molar-refractivity contribution is -0.153. The lowest BCUT2D eigenvalue weighted by Crippen LogP contribution is -2.53. The quantitative estimate of drug-likeness (QED) is 0.787. The van der Waals surface area contributed by atoms with E-state index in [1.54, 1.807) is 13.8 Å². The summed E-state index contributed by atoms with van der Waals surface area (Å²) >= 11 is 0. The van der Waals surface area contributed by atoms with Crippen LogP contribution in [-0.2, 0) is 4.79 Å². The van der Waals surface area contributed by atoms with Crippen LogP contribution in [0.4, 0.5) is 13.2 Å². The van der Waals surface area contributed by atoms with Gasteiger partial charge in [-0.25, -0.2) is 0 Å². The van der Waals surface area contributed by atoms with Crippen LogP contribution in [0.2, 0.25) is 0 Å². The number of nitrogens with zero attached hydrogens (tertiary/aromatic N) is 3. The van der Waals surface area contributed by atoms with Crippen LogP contribution in [0.15, 0.2) is 0 Å². The van der Waals surface area contributed by atoms with Crippen LogP contribution in [-0.4, -0.2) is 54.6 Å². The molecule has 1 heterocycles. The van der Waals surface area contributed by atoms with Crippen molar-refractivity contribution in [1.29, 1.82) is 5.26 Å². The molecule has 0 N–H and O–H groups in total. The van der Waals surface area contributed by atoms with Gasteiger partial charge in [0.25, 0.3) is 0 Å². The van der Waals surface area contributed by atoms with Crippen molar-refractivity contribution in [3.05, 3.63) is 0 Å². The van der Waals surface area contributed by atoms with Gasteiger partial charge < -0.3 is 4.90 Å². The molecule has 1 aliphatic heterocycles. The molecule has 1 atom stereocenters. The van der Waals surface area contributed by atoms with Crippen molar-refractivity contribution >= 4 is 5.91 Å². The molecule has 0 aromatic heterocycles. The number of rotatable bonds is 3. The minimum atomic E-state index is -4.21. The van der Waals surface area contributed by atoms with Gasteiger partial charge in [-0.15, -0.1) is 0 Å². The van der Waals surface area contributed by atoms with E-state index in [0.29, 0.717) is 6.42 Å². The Hall–Kier alpha value is -1.29. The lowest BCUT2D eigenvalue weighted by atomic mass is 9.87. The molecular formula is C12H18F3N3O. The number of nitriles is 1. The van der Waals surface area contributed by atoms with Gasteiger partial charge in [-0.3, -0.25) is 9.69 Å². The summed E-state index contributed by atoms with van der Waals surface area (Å²) in [5.74, 6) is -0.288. The predicted octanol–water partition coefficient (Wildman–Crippen LogP) is 1.63. The fourth-order valence-corrected chi connectivity index (χ4v) is 1.99. The molecule has 7 heteroatoms. The van der Waals surface area contributed by atoms with Crippen LogP contribution in [0.1, 0.15) is 20.3 Å². The lowest BCUT2D eigenvalue weighted by Gasteiger charge is -2.37. The summed E-state index contributed by atoms with van der Waals surface area (Å²) in [5.41, 5.74) is -1.08. The van der Waals surface area contributed by atoms with Crippen molar-refractivity contribution in [2.24, 2.45) is 5.41 Å². The van der Waals surface area contributed by atoms with Gasteiger partial charge in [0.1, 0.15) is 5.41 Å². The Morgan fingerprint density at radius 1 is 1.26 bits per heavy atom. The SMILES string of the molecule is CCC(C)(C#N)C(=O)N1CCN(CC(F)(F)F)CC1. The maximum absolute atomic E-state index is 12.2.